The van der Waals surface area contributed by atoms with Gasteiger partial charge in [-0.1, -0.05) is 23.7 Å². The van der Waals surface area contributed by atoms with Crippen molar-refractivity contribution in [3.8, 4) is 11.5 Å². The summed E-state index contributed by atoms with van der Waals surface area (Å²) in [7, 11) is 3.24. The number of amides is 1. The van der Waals surface area contributed by atoms with Gasteiger partial charge in [-0.3, -0.25) is 4.79 Å². The van der Waals surface area contributed by atoms with Gasteiger partial charge in [-0.25, -0.2) is 0 Å². The Morgan fingerprint density at radius 3 is 2.35 bits per heavy atom. The maximum Gasteiger partial charge on any atom is 0.257 e. The highest BCUT2D eigenvalue weighted by atomic mass is 127. The molecule has 138 valence electrons. The molecule has 0 unspecified atom stereocenters. The van der Waals surface area contributed by atoms with Gasteiger partial charge in [0.05, 0.1) is 30.5 Å². The molecule has 0 atom stereocenters. The number of hydrogen-bond acceptors (Lipinski definition) is 4. The number of methoxy groups -OCH3 is 2. The van der Waals surface area contributed by atoms with E-state index in [1.807, 2.05) is 29.2 Å². The molecule has 2 aromatic carbocycles. The molecule has 1 fully saturated rings. The summed E-state index contributed by atoms with van der Waals surface area (Å²) < 4.78 is 11.7. The third-order valence-corrected chi connectivity index (χ3v) is 5.99. The number of carbonyl (C=O) groups excluding carboxylic acids is 1. The van der Waals surface area contributed by atoms with Crippen molar-refractivity contribution in [2.45, 2.75) is 0 Å². The Morgan fingerprint density at radius 1 is 1.04 bits per heavy atom. The number of ether oxygens (including phenoxy) is 2. The van der Waals surface area contributed by atoms with E-state index in [-0.39, 0.29) is 5.91 Å². The summed E-state index contributed by atoms with van der Waals surface area (Å²) in [6.07, 6.45) is 0. The highest BCUT2D eigenvalue weighted by Crippen LogP contribution is 2.31. The minimum atomic E-state index is -0.0557. The van der Waals surface area contributed by atoms with Crippen LogP contribution in [0.1, 0.15) is 10.4 Å². The van der Waals surface area contributed by atoms with Crippen LogP contribution < -0.4 is 14.4 Å². The fraction of sp³-hybridized carbons (Fsp3) is 0.316. The molecule has 0 saturated carbocycles. The summed E-state index contributed by atoms with van der Waals surface area (Å²) in [5.41, 5.74) is 1.56. The second kappa shape index (κ2) is 8.35. The number of hydrogen-bond donors (Lipinski definition) is 0. The Morgan fingerprint density at radius 2 is 1.69 bits per heavy atom. The van der Waals surface area contributed by atoms with Crippen molar-refractivity contribution in [3.05, 3.63) is 50.6 Å². The second-order valence-electron chi connectivity index (χ2n) is 5.92. The maximum absolute atomic E-state index is 13.0. The first kappa shape index (κ1) is 19.1. The molecule has 0 bridgehead atoms. The SMILES string of the molecule is COc1cc(I)c(Cl)cc1C(=O)N1CCN(c2ccccc2OC)CC1. The van der Waals surface area contributed by atoms with Crippen LogP contribution in [-0.4, -0.2) is 51.2 Å². The summed E-state index contributed by atoms with van der Waals surface area (Å²) in [4.78, 5) is 17.0. The van der Waals surface area contributed by atoms with Gasteiger partial charge in [0.25, 0.3) is 5.91 Å². The lowest BCUT2D eigenvalue weighted by molar-refractivity contribution is 0.0743. The van der Waals surface area contributed by atoms with Gasteiger partial charge in [-0.2, -0.15) is 0 Å². The number of piperazine rings is 1. The van der Waals surface area contributed by atoms with Crippen LogP contribution in [0.5, 0.6) is 11.5 Å². The Bertz CT molecular complexity index is 807. The van der Waals surface area contributed by atoms with E-state index in [1.54, 1.807) is 26.4 Å². The smallest absolute Gasteiger partial charge is 0.257 e. The molecule has 0 spiro atoms. The van der Waals surface area contributed by atoms with Crippen molar-refractivity contribution in [2.75, 3.05) is 45.3 Å². The third-order valence-electron chi connectivity index (χ3n) is 4.47. The van der Waals surface area contributed by atoms with Crippen molar-refractivity contribution in [1.29, 1.82) is 0 Å². The summed E-state index contributed by atoms with van der Waals surface area (Å²) >= 11 is 8.33. The zero-order valence-corrected chi connectivity index (χ0v) is 17.6. The minimum absolute atomic E-state index is 0.0557. The fourth-order valence-electron chi connectivity index (χ4n) is 3.08. The maximum atomic E-state index is 13.0. The van der Waals surface area contributed by atoms with Crippen LogP contribution in [0.15, 0.2) is 36.4 Å². The normalized spacial score (nSPS) is 14.3. The highest BCUT2D eigenvalue weighted by Gasteiger charge is 2.26. The standard InChI is InChI=1S/C19H20ClIN2O3/c1-25-17-6-4-3-5-16(17)22-7-9-23(10-8-22)19(24)13-11-14(20)15(21)12-18(13)26-2/h3-6,11-12H,7-10H2,1-2H3. The van der Waals surface area contributed by atoms with Crippen LogP contribution in [0.4, 0.5) is 5.69 Å². The van der Waals surface area contributed by atoms with Crippen LogP contribution in [0.25, 0.3) is 0 Å². The highest BCUT2D eigenvalue weighted by molar-refractivity contribution is 14.1. The number of benzene rings is 2. The molecule has 0 aliphatic carbocycles. The number of rotatable bonds is 4. The average molecular weight is 487 g/mol. The van der Waals surface area contributed by atoms with Crippen molar-refractivity contribution < 1.29 is 14.3 Å². The lowest BCUT2D eigenvalue weighted by atomic mass is 10.1. The molecule has 1 amide bonds. The van der Waals surface area contributed by atoms with E-state index >= 15 is 0 Å². The van der Waals surface area contributed by atoms with Gasteiger partial charge in [0.1, 0.15) is 11.5 Å². The van der Waals surface area contributed by atoms with Gasteiger partial charge in [0, 0.05) is 29.7 Å². The van der Waals surface area contributed by atoms with E-state index in [9.17, 15) is 4.79 Å². The third kappa shape index (κ3) is 3.86. The van der Waals surface area contributed by atoms with Gasteiger partial charge in [-0.15, -0.1) is 0 Å². The first-order chi connectivity index (χ1) is 12.5. The fourth-order valence-corrected chi connectivity index (χ4v) is 3.68. The Labute approximate surface area is 172 Å². The first-order valence-corrected chi connectivity index (χ1v) is 9.71. The topological polar surface area (TPSA) is 42.0 Å². The number of anilines is 1. The summed E-state index contributed by atoms with van der Waals surface area (Å²) in [5.74, 6) is 1.34. The monoisotopic (exact) mass is 486 g/mol. The van der Waals surface area contributed by atoms with Crippen molar-refractivity contribution in [1.82, 2.24) is 4.90 Å². The van der Waals surface area contributed by atoms with Crippen molar-refractivity contribution in [3.63, 3.8) is 0 Å². The average Bonchev–Trinajstić information content (AvgIpc) is 2.69. The van der Waals surface area contributed by atoms with Crippen LogP contribution in [0, 0.1) is 3.57 Å². The summed E-state index contributed by atoms with van der Waals surface area (Å²) in [5, 5.41) is 0.558. The molecule has 0 radical (unpaired) electrons. The van der Waals surface area contributed by atoms with Crippen LogP contribution in [-0.2, 0) is 0 Å². The molecule has 3 rings (SSSR count). The number of halogens is 2. The lowest BCUT2D eigenvalue weighted by Crippen LogP contribution is -2.49. The minimum Gasteiger partial charge on any atom is -0.496 e. The van der Waals surface area contributed by atoms with Gasteiger partial charge in [-0.05, 0) is 46.9 Å². The molecule has 1 saturated heterocycles. The van der Waals surface area contributed by atoms with Crippen LogP contribution >= 0.6 is 34.2 Å². The van der Waals surface area contributed by atoms with E-state index in [4.69, 9.17) is 21.1 Å². The van der Waals surface area contributed by atoms with Gasteiger partial charge >= 0.3 is 0 Å². The summed E-state index contributed by atoms with van der Waals surface area (Å²) in [6, 6.07) is 11.4. The van der Waals surface area contributed by atoms with Crippen molar-refractivity contribution in [2.24, 2.45) is 0 Å². The molecule has 1 aliphatic rings. The van der Waals surface area contributed by atoms with Crippen LogP contribution in [0.3, 0.4) is 0 Å². The van der Waals surface area contributed by atoms with Gasteiger partial charge in [0.2, 0.25) is 0 Å². The van der Waals surface area contributed by atoms with Crippen LogP contribution in [0.2, 0.25) is 5.02 Å². The second-order valence-corrected chi connectivity index (χ2v) is 7.49. The predicted molar refractivity (Wildman–Crippen MR) is 112 cm³/mol. The molecule has 26 heavy (non-hydrogen) atoms. The molecular weight excluding hydrogens is 467 g/mol. The number of para-hydroxylation sites is 2. The summed E-state index contributed by atoms with van der Waals surface area (Å²) in [6.45, 7) is 2.74. The predicted octanol–water partition coefficient (Wildman–Crippen LogP) is 3.92. The van der Waals surface area contributed by atoms with E-state index in [2.05, 4.69) is 27.5 Å². The molecule has 1 aliphatic heterocycles. The number of nitrogens with zero attached hydrogens (tertiary/aromatic N) is 2. The Kier molecular flexibility index (Phi) is 6.13. The molecule has 2 aromatic rings. The molecule has 1 heterocycles. The molecule has 0 N–H and O–H groups in total. The zero-order chi connectivity index (χ0) is 18.7. The van der Waals surface area contributed by atoms with E-state index in [1.165, 1.54) is 0 Å². The zero-order valence-electron chi connectivity index (χ0n) is 14.7. The first-order valence-electron chi connectivity index (χ1n) is 8.25. The van der Waals surface area contributed by atoms with E-state index in [0.717, 1.165) is 28.1 Å². The number of carbonyl (C=O) groups is 1. The van der Waals surface area contributed by atoms with Crippen molar-refractivity contribution >= 4 is 45.8 Å². The molecular formula is C19H20ClIN2O3. The van der Waals surface area contributed by atoms with Gasteiger partial charge in [0.15, 0.2) is 0 Å². The molecule has 5 nitrogen and oxygen atoms in total. The molecule has 7 heteroatoms. The Balaban J connectivity index is 1.74. The van der Waals surface area contributed by atoms with E-state index in [0.29, 0.717) is 29.4 Å². The largest absolute Gasteiger partial charge is 0.496 e. The quantitative estimate of drug-likeness (QED) is 0.615. The van der Waals surface area contributed by atoms with Gasteiger partial charge < -0.3 is 19.3 Å². The lowest BCUT2D eigenvalue weighted by Gasteiger charge is -2.36. The van der Waals surface area contributed by atoms with E-state index < -0.39 is 0 Å². The Hall–Kier alpha value is -1.67. The molecule has 0 aromatic heterocycles.